The summed E-state index contributed by atoms with van der Waals surface area (Å²) in [7, 11) is 0. The molecule has 0 amide bonds. The van der Waals surface area contributed by atoms with Crippen LogP contribution in [0.15, 0.2) is 42.0 Å². The molecule has 5 heteroatoms. The highest BCUT2D eigenvalue weighted by molar-refractivity contribution is 5.97. The first-order valence-corrected chi connectivity index (χ1v) is 4.64. The number of carboxylic acid groups (broad SMARTS) is 2. The molecule has 0 aromatic heterocycles. The van der Waals surface area contributed by atoms with Gasteiger partial charge < -0.3 is 15.3 Å². The molecule has 0 saturated carbocycles. The van der Waals surface area contributed by atoms with Crippen molar-refractivity contribution in [3.8, 4) is 5.75 Å². The molecule has 1 rings (SSSR count). The van der Waals surface area contributed by atoms with Gasteiger partial charge >= 0.3 is 11.9 Å². The van der Waals surface area contributed by atoms with E-state index in [1.54, 1.807) is 12.1 Å². The molecule has 0 bridgehead atoms. The van der Waals surface area contributed by atoms with Crippen LogP contribution in [-0.2, 0) is 9.59 Å². The number of carboxylic acids is 2. The zero-order chi connectivity index (χ0) is 12.8. The predicted molar refractivity (Wildman–Crippen MR) is 60.5 cm³/mol. The van der Waals surface area contributed by atoms with E-state index in [9.17, 15) is 9.59 Å². The van der Waals surface area contributed by atoms with Crippen molar-refractivity contribution < 1.29 is 24.9 Å². The highest BCUT2D eigenvalue weighted by Gasteiger charge is 2.05. The van der Waals surface area contributed by atoms with Crippen LogP contribution in [0.5, 0.6) is 5.75 Å². The van der Waals surface area contributed by atoms with Crippen LogP contribution < -0.4 is 0 Å². The van der Waals surface area contributed by atoms with Crippen LogP contribution in [0.2, 0.25) is 0 Å². The van der Waals surface area contributed by atoms with E-state index in [-0.39, 0.29) is 11.3 Å². The fourth-order valence-electron chi connectivity index (χ4n) is 1.09. The number of phenolic OH excluding ortho intramolecular Hbond substituents is 1. The largest absolute Gasteiger partial charge is 0.508 e. The summed E-state index contributed by atoms with van der Waals surface area (Å²) in [5.74, 6) is -2.54. The summed E-state index contributed by atoms with van der Waals surface area (Å²) < 4.78 is 0. The van der Waals surface area contributed by atoms with Crippen LogP contribution in [0.4, 0.5) is 0 Å². The third kappa shape index (κ3) is 4.21. The van der Waals surface area contributed by atoms with Crippen LogP contribution in [0, 0.1) is 0 Å². The fourth-order valence-corrected chi connectivity index (χ4v) is 1.09. The molecule has 0 aliphatic heterocycles. The topological polar surface area (TPSA) is 94.8 Å². The number of aliphatic carboxylic acids is 2. The van der Waals surface area contributed by atoms with Gasteiger partial charge in [0.1, 0.15) is 5.75 Å². The summed E-state index contributed by atoms with van der Waals surface area (Å²) in [4.78, 5) is 21.1. The van der Waals surface area contributed by atoms with Crippen molar-refractivity contribution in [1.29, 1.82) is 0 Å². The molecule has 17 heavy (non-hydrogen) atoms. The Hall–Kier alpha value is -2.56. The first-order chi connectivity index (χ1) is 7.99. The molecular formula is C12H10O5. The Kier molecular flexibility index (Phi) is 4.05. The molecule has 1 aromatic rings. The second kappa shape index (κ2) is 5.50. The summed E-state index contributed by atoms with van der Waals surface area (Å²) in [5, 5.41) is 26.2. The molecule has 0 unspecified atom stereocenters. The quantitative estimate of drug-likeness (QED) is 0.542. The molecule has 0 atom stereocenters. The van der Waals surface area contributed by atoms with Crippen molar-refractivity contribution in [3.63, 3.8) is 0 Å². The maximum Gasteiger partial charge on any atom is 0.335 e. The van der Waals surface area contributed by atoms with Crippen LogP contribution >= 0.6 is 0 Å². The number of phenols is 1. The average molecular weight is 234 g/mol. The summed E-state index contributed by atoms with van der Waals surface area (Å²) in [6.07, 6.45) is 3.24. The molecule has 5 nitrogen and oxygen atoms in total. The number of benzene rings is 1. The minimum atomic E-state index is -1.32. The van der Waals surface area contributed by atoms with E-state index in [1.165, 1.54) is 24.3 Å². The molecule has 1 aromatic carbocycles. The lowest BCUT2D eigenvalue weighted by molar-refractivity contribution is -0.134. The lowest BCUT2D eigenvalue weighted by Gasteiger charge is -1.95. The van der Waals surface area contributed by atoms with E-state index in [1.807, 2.05) is 0 Å². The molecular weight excluding hydrogens is 224 g/mol. The Morgan fingerprint density at radius 1 is 1.06 bits per heavy atom. The Labute approximate surface area is 96.9 Å². The van der Waals surface area contributed by atoms with Gasteiger partial charge in [0.05, 0.1) is 5.57 Å². The van der Waals surface area contributed by atoms with Crippen LogP contribution in [0.1, 0.15) is 5.56 Å². The second-order valence-corrected chi connectivity index (χ2v) is 3.17. The Balaban J connectivity index is 2.91. The number of carbonyl (C=O) groups is 2. The number of aromatic hydroxyl groups is 1. The van der Waals surface area contributed by atoms with Crippen molar-refractivity contribution >= 4 is 18.0 Å². The zero-order valence-corrected chi connectivity index (χ0v) is 8.70. The van der Waals surface area contributed by atoms with Crippen LogP contribution in [0.25, 0.3) is 6.08 Å². The molecule has 0 saturated heterocycles. The first kappa shape index (κ1) is 12.5. The minimum absolute atomic E-state index is 0.0988. The van der Waals surface area contributed by atoms with Gasteiger partial charge in [-0.15, -0.1) is 0 Å². The Morgan fingerprint density at radius 3 is 2.12 bits per heavy atom. The molecule has 88 valence electrons. The van der Waals surface area contributed by atoms with Crippen molar-refractivity contribution in [1.82, 2.24) is 0 Å². The standard InChI is InChI=1S/C12H10O5/c13-10-5-2-8(3-6-10)1-4-9(12(16)17)7-11(14)15/h1-7,13H,(H,14,15)(H,16,17)/b4-1+,9-7-. The van der Waals surface area contributed by atoms with Gasteiger partial charge in [0, 0.05) is 6.08 Å². The fraction of sp³-hybridized carbons (Fsp3) is 0. The van der Waals surface area contributed by atoms with Gasteiger partial charge in [-0.1, -0.05) is 18.2 Å². The van der Waals surface area contributed by atoms with E-state index in [4.69, 9.17) is 15.3 Å². The van der Waals surface area contributed by atoms with E-state index >= 15 is 0 Å². The number of rotatable bonds is 4. The maximum absolute atomic E-state index is 10.7. The van der Waals surface area contributed by atoms with Gasteiger partial charge in [-0.05, 0) is 23.8 Å². The normalized spacial score (nSPS) is 11.6. The van der Waals surface area contributed by atoms with Gasteiger partial charge in [0.25, 0.3) is 0 Å². The van der Waals surface area contributed by atoms with Crippen LogP contribution in [-0.4, -0.2) is 27.3 Å². The first-order valence-electron chi connectivity index (χ1n) is 4.64. The summed E-state index contributed by atoms with van der Waals surface area (Å²) in [5.41, 5.74) is 0.325. The predicted octanol–water partition coefficient (Wildman–Crippen LogP) is 1.50. The van der Waals surface area contributed by atoms with Crippen LogP contribution in [0.3, 0.4) is 0 Å². The van der Waals surface area contributed by atoms with E-state index in [2.05, 4.69) is 0 Å². The minimum Gasteiger partial charge on any atom is -0.508 e. The highest BCUT2D eigenvalue weighted by Crippen LogP contribution is 2.11. The smallest absolute Gasteiger partial charge is 0.335 e. The van der Waals surface area contributed by atoms with E-state index < -0.39 is 11.9 Å². The maximum atomic E-state index is 10.7. The monoisotopic (exact) mass is 234 g/mol. The Morgan fingerprint density at radius 2 is 1.65 bits per heavy atom. The molecule has 0 radical (unpaired) electrons. The summed E-state index contributed by atoms with van der Waals surface area (Å²) >= 11 is 0. The number of hydrogen-bond donors (Lipinski definition) is 3. The van der Waals surface area contributed by atoms with Crippen molar-refractivity contribution in [2.75, 3.05) is 0 Å². The van der Waals surface area contributed by atoms with Gasteiger partial charge in [0.15, 0.2) is 0 Å². The molecule has 0 aliphatic rings. The van der Waals surface area contributed by atoms with Gasteiger partial charge in [0.2, 0.25) is 0 Å². The lowest BCUT2D eigenvalue weighted by Crippen LogP contribution is -2.01. The average Bonchev–Trinajstić information content (AvgIpc) is 2.25. The van der Waals surface area contributed by atoms with Gasteiger partial charge in [-0.3, -0.25) is 0 Å². The molecule has 0 spiro atoms. The summed E-state index contributed by atoms with van der Waals surface area (Å²) in [6, 6.07) is 6.04. The lowest BCUT2D eigenvalue weighted by atomic mass is 10.1. The van der Waals surface area contributed by atoms with E-state index in [0.717, 1.165) is 0 Å². The molecule has 3 N–H and O–H groups in total. The summed E-state index contributed by atoms with van der Waals surface area (Å²) in [6.45, 7) is 0. The molecule has 0 aliphatic carbocycles. The number of hydrogen-bond acceptors (Lipinski definition) is 3. The third-order valence-corrected chi connectivity index (χ3v) is 1.87. The molecule has 0 heterocycles. The second-order valence-electron chi connectivity index (χ2n) is 3.17. The molecule has 0 fully saturated rings. The van der Waals surface area contributed by atoms with Crippen molar-refractivity contribution in [2.45, 2.75) is 0 Å². The third-order valence-electron chi connectivity index (χ3n) is 1.87. The van der Waals surface area contributed by atoms with Crippen molar-refractivity contribution in [2.24, 2.45) is 0 Å². The highest BCUT2D eigenvalue weighted by atomic mass is 16.4. The SMILES string of the molecule is O=C(O)/C=C(/C=C/c1ccc(O)cc1)C(=O)O. The van der Waals surface area contributed by atoms with Gasteiger partial charge in [-0.2, -0.15) is 0 Å². The van der Waals surface area contributed by atoms with Gasteiger partial charge in [-0.25, -0.2) is 9.59 Å². The van der Waals surface area contributed by atoms with Crippen molar-refractivity contribution in [3.05, 3.63) is 47.6 Å². The zero-order valence-electron chi connectivity index (χ0n) is 8.70. The van der Waals surface area contributed by atoms with E-state index in [0.29, 0.717) is 11.6 Å². The Bertz CT molecular complexity index is 482.